The minimum atomic E-state index is 0.0632. The summed E-state index contributed by atoms with van der Waals surface area (Å²) in [5, 5.41) is 8.03. The smallest absolute Gasteiger partial charge is 0.274 e. The molecule has 1 aromatic carbocycles. The number of hydrogen-bond acceptors (Lipinski definition) is 3. The van der Waals surface area contributed by atoms with E-state index in [0.29, 0.717) is 24.3 Å². The second kappa shape index (κ2) is 7.23. The minimum Gasteiger partial charge on any atom is -0.330 e. The Balaban J connectivity index is 1.50. The Kier molecular flexibility index (Phi) is 4.81. The van der Waals surface area contributed by atoms with Gasteiger partial charge in [-0.2, -0.15) is 5.10 Å². The second-order valence-corrected chi connectivity index (χ2v) is 7.76. The zero-order valence-corrected chi connectivity index (χ0v) is 15.7. The van der Waals surface area contributed by atoms with E-state index in [2.05, 4.69) is 42.5 Å². The Morgan fingerprint density at radius 1 is 1.23 bits per heavy atom. The Labute approximate surface area is 155 Å². The lowest BCUT2D eigenvalue weighted by molar-refractivity contribution is 0.0722. The molecule has 1 N–H and O–H groups in total. The van der Waals surface area contributed by atoms with Crippen LogP contribution in [-0.4, -0.2) is 39.7 Å². The number of aromatic nitrogens is 2. The third-order valence-corrected chi connectivity index (χ3v) is 5.65. The quantitative estimate of drug-likeness (QED) is 0.899. The van der Waals surface area contributed by atoms with Crippen molar-refractivity contribution in [2.75, 3.05) is 13.1 Å². The molecule has 0 bridgehead atoms. The zero-order chi connectivity index (χ0) is 18.1. The number of aryl methyl sites for hydroxylation is 2. The SMILES string of the molecule is Cc1ccc(CN(C(=O)c2ccn(C3CCCNC3)n2)C2CC2)cc1C. The Hall–Kier alpha value is -2.14. The highest BCUT2D eigenvalue weighted by Gasteiger charge is 2.34. The molecule has 2 aromatic rings. The summed E-state index contributed by atoms with van der Waals surface area (Å²) in [5.74, 6) is 0.0632. The fraction of sp³-hybridized carbons (Fsp3) is 0.524. The first-order chi connectivity index (χ1) is 12.6. The molecule has 1 amide bonds. The fourth-order valence-electron chi connectivity index (χ4n) is 3.71. The summed E-state index contributed by atoms with van der Waals surface area (Å²) in [4.78, 5) is 15.1. The van der Waals surface area contributed by atoms with Gasteiger partial charge in [0.2, 0.25) is 0 Å². The van der Waals surface area contributed by atoms with E-state index in [4.69, 9.17) is 0 Å². The molecule has 1 aliphatic carbocycles. The van der Waals surface area contributed by atoms with Crippen molar-refractivity contribution in [2.24, 2.45) is 0 Å². The van der Waals surface area contributed by atoms with Gasteiger partial charge < -0.3 is 10.2 Å². The van der Waals surface area contributed by atoms with Gasteiger partial charge in [0.1, 0.15) is 5.69 Å². The standard InChI is InChI=1S/C21H28N4O/c1-15-5-6-17(12-16(15)2)14-24(18-7-8-18)21(26)20-9-11-25(23-20)19-4-3-10-22-13-19/h5-6,9,11-12,18-19,22H,3-4,7-8,10,13-14H2,1-2H3. The first-order valence-corrected chi connectivity index (χ1v) is 9.75. The van der Waals surface area contributed by atoms with E-state index in [1.54, 1.807) is 0 Å². The summed E-state index contributed by atoms with van der Waals surface area (Å²) in [5.41, 5.74) is 4.34. The first kappa shape index (κ1) is 17.3. The van der Waals surface area contributed by atoms with Crippen LogP contribution in [0.15, 0.2) is 30.5 Å². The van der Waals surface area contributed by atoms with E-state index < -0.39 is 0 Å². The summed E-state index contributed by atoms with van der Waals surface area (Å²) in [6.45, 7) is 6.93. The molecule has 2 aliphatic rings. The molecule has 0 spiro atoms. The number of nitrogens with zero attached hydrogens (tertiary/aromatic N) is 3. The van der Waals surface area contributed by atoms with Crippen LogP contribution in [0.25, 0.3) is 0 Å². The van der Waals surface area contributed by atoms with Gasteiger partial charge >= 0.3 is 0 Å². The van der Waals surface area contributed by atoms with E-state index in [0.717, 1.165) is 38.8 Å². The van der Waals surface area contributed by atoms with Crippen molar-refractivity contribution in [1.82, 2.24) is 20.0 Å². The third kappa shape index (κ3) is 3.68. The van der Waals surface area contributed by atoms with Crippen LogP contribution in [0.5, 0.6) is 0 Å². The van der Waals surface area contributed by atoms with Crippen molar-refractivity contribution in [3.05, 3.63) is 52.8 Å². The molecule has 2 fully saturated rings. The summed E-state index contributed by atoms with van der Waals surface area (Å²) < 4.78 is 1.97. The molecule has 4 rings (SSSR count). The number of hydrogen-bond donors (Lipinski definition) is 1. The molecular weight excluding hydrogens is 324 g/mol. The van der Waals surface area contributed by atoms with Gasteiger partial charge in [-0.25, -0.2) is 0 Å². The summed E-state index contributed by atoms with van der Waals surface area (Å²) in [6, 6.07) is 9.09. The first-order valence-electron chi connectivity index (χ1n) is 9.75. The van der Waals surface area contributed by atoms with Crippen molar-refractivity contribution >= 4 is 5.91 Å². The summed E-state index contributed by atoms with van der Waals surface area (Å²) in [6.07, 6.45) is 6.45. The molecule has 1 aromatic heterocycles. The van der Waals surface area contributed by atoms with Gasteiger partial charge in [0.15, 0.2) is 0 Å². The van der Waals surface area contributed by atoms with Crippen molar-refractivity contribution in [3.63, 3.8) is 0 Å². The Morgan fingerprint density at radius 2 is 2.08 bits per heavy atom. The van der Waals surface area contributed by atoms with Gasteiger partial charge in [-0.05, 0) is 68.8 Å². The zero-order valence-electron chi connectivity index (χ0n) is 15.7. The largest absolute Gasteiger partial charge is 0.330 e. The third-order valence-electron chi connectivity index (χ3n) is 5.65. The highest BCUT2D eigenvalue weighted by atomic mass is 16.2. The van der Waals surface area contributed by atoms with Crippen LogP contribution in [0.3, 0.4) is 0 Å². The van der Waals surface area contributed by atoms with Gasteiger partial charge in [0.05, 0.1) is 6.04 Å². The molecule has 1 saturated heterocycles. The van der Waals surface area contributed by atoms with Crippen LogP contribution < -0.4 is 5.32 Å². The second-order valence-electron chi connectivity index (χ2n) is 7.76. The molecule has 0 radical (unpaired) electrons. The Morgan fingerprint density at radius 3 is 2.77 bits per heavy atom. The number of benzene rings is 1. The van der Waals surface area contributed by atoms with Crippen molar-refractivity contribution in [2.45, 2.75) is 58.2 Å². The number of nitrogens with one attached hydrogen (secondary N) is 1. The lowest BCUT2D eigenvalue weighted by atomic mass is 10.1. The van der Waals surface area contributed by atoms with Gasteiger partial charge in [-0.1, -0.05) is 18.2 Å². The van der Waals surface area contributed by atoms with Gasteiger partial charge in [0.25, 0.3) is 5.91 Å². The predicted octanol–water partition coefficient (Wildman–Crippen LogP) is 3.23. The monoisotopic (exact) mass is 352 g/mol. The molecule has 2 heterocycles. The van der Waals surface area contributed by atoms with Crippen molar-refractivity contribution in [1.29, 1.82) is 0 Å². The van der Waals surface area contributed by atoms with Gasteiger partial charge in [-0.15, -0.1) is 0 Å². The number of amides is 1. The molecule has 5 heteroatoms. The lowest BCUT2D eigenvalue weighted by Gasteiger charge is -2.24. The average Bonchev–Trinajstić information content (AvgIpc) is 3.38. The van der Waals surface area contributed by atoms with E-state index in [9.17, 15) is 4.79 Å². The van der Waals surface area contributed by atoms with Crippen molar-refractivity contribution < 1.29 is 4.79 Å². The van der Waals surface area contributed by atoms with E-state index in [1.165, 1.54) is 16.7 Å². The highest BCUT2D eigenvalue weighted by molar-refractivity contribution is 5.92. The number of rotatable bonds is 5. The van der Waals surface area contributed by atoms with Crippen molar-refractivity contribution in [3.8, 4) is 0 Å². The summed E-state index contributed by atoms with van der Waals surface area (Å²) in [7, 11) is 0. The molecule has 5 nitrogen and oxygen atoms in total. The normalized spacial score (nSPS) is 20.2. The average molecular weight is 352 g/mol. The number of piperidine rings is 1. The maximum Gasteiger partial charge on any atom is 0.274 e. The van der Waals surface area contributed by atoms with Gasteiger partial charge in [0, 0.05) is 25.3 Å². The van der Waals surface area contributed by atoms with E-state index >= 15 is 0 Å². The minimum absolute atomic E-state index is 0.0632. The molecule has 138 valence electrons. The highest BCUT2D eigenvalue weighted by Crippen LogP contribution is 2.30. The van der Waals surface area contributed by atoms with Crippen LogP contribution >= 0.6 is 0 Å². The molecule has 1 saturated carbocycles. The molecule has 1 unspecified atom stereocenters. The van der Waals surface area contributed by atoms with E-state index in [-0.39, 0.29) is 5.91 Å². The van der Waals surface area contributed by atoms with Crippen LogP contribution in [-0.2, 0) is 6.54 Å². The fourth-order valence-corrected chi connectivity index (χ4v) is 3.71. The maximum absolute atomic E-state index is 13.1. The number of carbonyl (C=O) groups is 1. The molecule has 1 aliphatic heterocycles. The van der Waals surface area contributed by atoms with Crippen LogP contribution in [0.1, 0.15) is 58.9 Å². The van der Waals surface area contributed by atoms with Crippen LogP contribution in [0, 0.1) is 13.8 Å². The topological polar surface area (TPSA) is 50.2 Å². The predicted molar refractivity (Wildman–Crippen MR) is 102 cm³/mol. The summed E-state index contributed by atoms with van der Waals surface area (Å²) >= 11 is 0. The Bertz CT molecular complexity index is 787. The molecule has 26 heavy (non-hydrogen) atoms. The van der Waals surface area contributed by atoms with E-state index in [1.807, 2.05) is 21.8 Å². The van der Waals surface area contributed by atoms with Crippen LogP contribution in [0.4, 0.5) is 0 Å². The molecular formula is C21H28N4O. The number of carbonyl (C=O) groups excluding carboxylic acids is 1. The molecule has 1 atom stereocenters. The maximum atomic E-state index is 13.1. The lowest BCUT2D eigenvalue weighted by Crippen LogP contribution is -2.34. The van der Waals surface area contributed by atoms with Gasteiger partial charge in [-0.3, -0.25) is 9.48 Å². The van der Waals surface area contributed by atoms with Crippen LogP contribution in [0.2, 0.25) is 0 Å².